The summed E-state index contributed by atoms with van der Waals surface area (Å²) < 4.78 is 11.5. The summed E-state index contributed by atoms with van der Waals surface area (Å²) in [7, 11) is 1.45. The summed E-state index contributed by atoms with van der Waals surface area (Å²) in [4.78, 5) is 28.0. The molecule has 28 heavy (non-hydrogen) atoms. The number of halogens is 1. The monoisotopic (exact) mass is 443 g/mol. The van der Waals surface area contributed by atoms with E-state index in [-0.39, 0.29) is 28.6 Å². The fourth-order valence-electron chi connectivity index (χ4n) is 3.69. The van der Waals surface area contributed by atoms with Crippen LogP contribution in [-0.2, 0) is 0 Å². The summed E-state index contributed by atoms with van der Waals surface area (Å²) in [5, 5.41) is 10.6. The fraction of sp³-hybridized carbons (Fsp3) is 0.238. The number of para-hydroxylation sites is 1. The molecule has 6 nitrogen and oxygen atoms in total. The highest BCUT2D eigenvalue weighted by Crippen LogP contribution is 2.43. The molecular weight excluding hydrogens is 426 g/mol. The molecule has 0 fully saturated rings. The Labute approximate surface area is 169 Å². The molecule has 144 valence electrons. The van der Waals surface area contributed by atoms with Gasteiger partial charge in [-0.2, -0.15) is 0 Å². The second-order valence-electron chi connectivity index (χ2n) is 6.62. The van der Waals surface area contributed by atoms with Gasteiger partial charge in [-0.15, -0.1) is 0 Å². The number of fused-ring (bicyclic) bond motifs is 2. The fourth-order valence-corrected chi connectivity index (χ4v) is 4.15. The minimum atomic E-state index is -0.617. The van der Waals surface area contributed by atoms with Crippen LogP contribution < -0.4 is 10.2 Å². The third-order valence-electron chi connectivity index (χ3n) is 4.92. The summed E-state index contributed by atoms with van der Waals surface area (Å²) in [6.07, 6.45) is 0.723. The highest BCUT2D eigenvalue weighted by Gasteiger charge is 2.42. The summed E-state index contributed by atoms with van der Waals surface area (Å²) in [5.41, 5.74) is 1.14. The molecule has 0 spiro atoms. The average Bonchev–Trinajstić information content (AvgIpc) is 2.97. The average molecular weight is 444 g/mol. The SMILES string of the molecule is CCCN1C(=O)c2oc3ccccc3c(=O)c2[C@H]1c1cc(Br)c(O)c(OC)c1. The number of rotatable bonds is 4. The highest BCUT2D eigenvalue weighted by atomic mass is 79.9. The number of benzene rings is 2. The first-order valence-electron chi connectivity index (χ1n) is 8.91. The van der Waals surface area contributed by atoms with Crippen LogP contribution in [-0.4, -0.2) is 29.6 Å². The minimum Gasteiger partial charge on any atom is -0.503 e. The van der Waals surface area contributed by atoms with Gasteiger partial charge in [0.2, 0.25) is 5.76 Å². The third-order valence-corrected chi connectivity index (χ3v) is 5.53. The second kappa shape index (κ2) is 6.98. The lowest BCUT2D eigenvalue weighted by atomic mass is 9.98. The Balaban J connectivity index is 2.02. The van der Waals surface area contributed by atoms with E-state index in [4.69, 9.17) is 9.15 Å². The van der Waals surface area contributed by atoms with E-state index in [1.165, 1.54) is 7.11 Å². The zero-order valence-corrected chi connectivity index (χ0v) is 16.9. The van der Waals surface area contributed by atoms with Crippen LogP contribution in [0.4, 0.5) is 0 Å². The molecule has 0 unspecified atom stereocenters. The number of hydrogen-bond acceptors (Lipinski definition) is 5. The van der Waals surface area contributed by atoms with Crippen molar-refractivity contribution in [3.63, 3.8) is 0 Å². The largest absolute Gasteiger partial charge is 0.503 e. The molecule has 3 aromatic rings. The van der Waals surface area contributed by atoms with Crippen molar-refractivity contribution in [3.05, 3.63) is 68.0 Å². The third kappa shape index (κ3) is 2.69. The van der Waals surface area contributed by atoms with E-state index in [2.05, 4.69) is 15.9 Å². The maximum absolute atomic E-state index is 13.3. The number of phenols is 1. The lowest BCUT2D eigenvalue weighted by Gasteiger charge is -2.25. The molecule has 1 atom stereocenters. The van der Waals surface area contributed by atoms with E-state index in [1.54, 1.807) is 41.3 Å². The highest BCUT2D eigenvalue weighted by molar-refractivity contribution is 9.10. The second-order valence-corrected chi connectivity index (χ2v) is 7.48. The molecule has 7 heteroatoms. The molecule has 0 bridgehead atoms. The van der Waals surface area contributed by atoms with Gasteiger partial charge in [0.25, 0.3) is 5.91 Å². The molecular formula is C21H18BrNO5. The number of ether oxygens (including phenoxy) is 1. The molecule has 1 aliphatic heterocycles. The smallest absolute Gasteiger partial charge is 0.290 e. The lowest BCUT2D eigenvalue weighted by Crippen LogP contribution is -2.30. The number of carbonyl (C=O) groups excluding carboxylic acids is 1. The summed E-state index contributed by atoms with van der Waals surface area (Å²) in [6.45, 7) is 2.43. The topological polar surface area (TPSA) is 80.0 Å². The first kappa shape index (κ1) is 18.6. The molecule has 1 N–H and O–H groups in total. The van der Waals surface area contributed by atoms with Gasteiger partial charge in [-0.25, -0.2) is 0 Å². The van der Waals surface area contributed by atoms with E-state index in [0.717, 1.165) is 6.42 Å². The maximum Gasteiger partial charge on any atom is 0.290 e. The van der Waals surface area contributed by atoms with Crippen LogP contribution in [0.3, 0.4) is 0 Å². The maximum atomic E-state index is 13.3. The van der Waals surface area contributed by atoms with Crippen molar-refractivity contribution >= 4 is 32.8 Å². The van der Waals surface area contributed by atoms with Gasteiger partial charge < -0.3 is 19.2 Å². The summed E-state index contributed by atoms with van der Waals surface area (Å²) in [5.74, 6) is -0.0199. The first-order valence-corrected chi connectivity index (χ1v) is 9.70. The predicted molar refractivity (Wildman–Crippen MR) is 108 cm³/mol. The normalized spacial score (nSPS) is 15.9. The van der Waals surface area contributed by atoms with Crippen molar-refractivity contribution in [2.24, 2.45) is 0 Å². The molecule has 2 heterocycles. The van der Waals surface area contributed by atoms with E-state index in [9.17, 15) is 14.7 Å². The van der Waals surface area contributed by atoms with Crippen molar-refractivity contribution in [3.8, 4) is 11.5 Å². The number of carbonyl (C=O) groups is 1. The van der Waals surface area contributed by atoms with Gasteiger partial charge in [0.15, 0.2) is 16.9 Å². The summed E-state index contributed by atoms with van der Waals surface area (Å²) in [6, 6.07) is 9.63. The van der Waals surface area contributed by atoms with Crippen LogP contribution in [0.5, 0.6) is 11.5 Å². The molecule has 0 aliphatic carbocycles. The van der Waals surface area contributed by atoms with E-state index in [1.807, 2.05) is 6.92 Å². The predicted octanol–water partition coefficient (Wildman–Crippen LogP) is 4.22. The van der Waals surface area contributed by atoms with Crippen LogP contribution in [0.25, 0.3) is 11.0 Å². The molecule has 1 amide bonds. The van der Waals surface area contributed by atoms with Gasteiger partial charge in [-0.05, 0) is 52.2 Å². The Kier molecular flexibility index (Phi) is 4.63. The molecule has 4 rings (SSSR count). The Bertz CT molecular complexity index is 1150. The molecule has 1 aromatic heterocycles. The van der Waals surface area contributed by atoms with Crippen LogP contribution in [0.1, 0.15) is 41.1 Å². The number of aromatic hydroxyl groups is 1. The minimum absolute atomic E-state index is 0.0385. The van der Waals surface area contributed by atoms with Gasteiger partial charge >= 0.3 is 0 Å². The van der Waals surface area contributed by atoms with E-state index >= 15 is 0 Å². The number of nitrogens with zero attached hydrogens (tertiary/aromatic N) is 1. The Morgan fingerprint density at radius 3 is 2.71 bits per heavy atom. The Morgan fingerprint density at radius 1 is 1.25 bits per heavy atom. The van der Waals surface area contributed by atoms with Gasteiger partial charge in [0.05, 0.1) is 28.6 Å². The molecule has 0 saturated carbocycles. The van der Waals surface area contributed by atoms with Crippen LogP contribution in [0, 0.1) is 0 Å². The van der Waals surface area contributed by atoms with Gasteiger partial charge in [-0.1, -0.05) is 19.1 Å². The van der Waals surface area contributed by atoms with Crippen molar-refractivity contribution in [2.45, 2.75) is 19.4 Å². The van der Waals surface area contributed by atoms with Crippen molar-refractivity contribution < 1.29 is 19.1 Å². The van der Waals surface area contributed by atoms with Crippen molar-refractivity contribution in [1.82, 2.24) is 4.90 Å². The molecule has 0 radical (unpaired) electrons. The van der Waals surface area contributed by atoms with Crippen molar-refractivity contribution in [1.29, 1.82) is 0 Å². The molecule has 2 aromatic carbocycles. The van der Waals surface area contributed by atoms with Crippen LogP contribution in [0.15, 0.2) is 50.1 Å². The van der Waals surface area contributed by atoms with Gasteiger partial charge in [0.1, 0.15) is 5.58 Å². The standard InChI is InChI=1S/C21H18BrNO5/c1-3-8-23-17(11-9-13(22)19(25)15(10-11)27-2)16-18(24)12-6-4-5-7-14(12)28-20(16)21(23)26/h4-7,9-10,17,25H,3,8H2,1-2H3/t17-/m1/s1. The van der Waals surface area contributed by atoms with Gasteiger partial charge in [-0.3, -0.25) is 9.59 Å². The quantitative estimate of drug-likeness (QED) is 0.652. The molecule has 0 saturated heterocycles. The van der Waals surface area contributed by atoms with Crippen LogP contribution >= 0.6 is 15.9 Å². The Morgan fingerprint density at radius 2 is 2.00 bits per heavy atom. The zero-order valence-electron chi connectivity index (χ0n) is 15.4. The zero-order chi connectivity index (χ0) is 20.0. The number of amides is 1. The van der Waals surface area contributed by atoms with Crippen LogP contribution in [0.2, 0.25) is 0 Å². The number of methoxy groups -OCH3 is 1. The lowest BCUT2D eigenvalue weighted by molar-refractivity contribution is 0.0728. The van der Waals surface area contributed by atoms with E-state index in [0.29, 0.717) is 33.1 Å². The number of phenolic OH excluding ortho intramolecular Hbond substituents is 1. The van der Waals surface area contributed by atoms with Gasteiger partial charge in [0, 0.05) is 6.54 Å². The molecule has 1 aliphatic rings. The summed E-state index contributed by atoms with van der Waals surface area (Å²) >= 11 is 3.32. The first-order chi connectivity index (χ1) is 13.5. The Hall–Kier alpha value is -2.80. The van der Waals surface area contributed by atoms with E-state index < -0.39 is 6.04 Å². The number of hydrogen-bond donors (Lipinski definition) is 1. The van der Waals surface area contributed by atoms with Crippen molar-refractivity contribution in [2.75, 3.05) is 13.7 Å².